The number of carbonyl (C=O) groups is 1. The summed E-state index contributed by atoms with van der Waals surface area (Å²) >= 11 is 0. The lowest BCUT2D eigenvalue weighted by molar-refractivity contribution is 0.100. The lowest BCUT2D eigenvalue weighted by atomic mass is 10.00. The van der Waals surface area contributed by atoms with Gasteiger partial charge in [0.2, 0.25) is 20.7 Å². The van der Waals surface area contributed by atoms with E-state index in [1.807, 2.05) is 0 Å². The third kappa shape index (κ3) is 4.24. The van der Waals surface area contributed by atoms with Crippen molar-refractivity contribution in [1.82, 2.24) is 9.97 Å². The molecule has 9 heteroatoms. The Hall–Kier alpha value is -3.04. The van der Waals surface area contributed by atoms with Gasteiger partial charge in [0, 0.05) is 18.8 Å². The normalized spacial score (nSPS) is 21.2. The van der Waals surface area contributed by atoms with E-state index < -0.39 is 15.6 Å². The van der Waals surface area contributed by atoms with Gasteiger partial charge in [0.15, 0.2) is 5.76 Å². The number of nitrogens with zero attached hydrogens (tertiary/aromatic N) is 2. The quantitative estimate of drug-likeness (QED) is 0.537. The number of benzene rings is 1. The number of hydrogen-bond donors (Lipinski definition) is 2. The van der Waals surface area contributed by atoms with Crippen LogP contribution in [0.1, 0.15) is 35.9 Å². The molecule has 2 N–H and O–H groups in total. The molecule has 0 saturated heterocycles. The van der Waals surface area contributed by atoms with Crippen LogP contribution in [0.15, 0.2) is 69.4 Å². The molecule has 3 aromatic rings. The van der Waals surface area contributed by atoms with Crippen LogP contribution >= 0.6 is 0 Å². The smallest absolute Gasteiger partial charge is 0.239 e. The van der Waals surface area contributed by atoms with E-state index in [-0.39, 0.29) is 39.9 Å². The van der Waals surface area contributed by atoms with E-state index in [0.29, 0.717) is 11.7 Å². The Bertz CT molecular complexity index is 1180. The standard InChI is InChI=1S/C22H23N3O5S/c1-14-9-16(10-15(14)12-26)25-22-18(11-23-13-24-22)21(27)19-7-8-20(30-19)31(28,29)17-5-3-2-4-6-17/h2-8,11,13-16,26H,9-10,12H2,1H3,(H,23,24,25)/t14-,15+,16-/m0/s1. The maximum Gasteiger partial charge on any atom is 0.239 e. The molecule has 0 unspecified atom stereocenters. The summed E-state index contributed by atoms with van der Waals surface area (Å²) in [5.74, 6) is 0.302. The first-order valence-corrected chi connectivity index (χ1v) is 11.5. The van der Waals surface area contributed by atoms with E-state index >= 15 is 0 Å². The molecular formula is C22H23N3O5S. The number of nitrogens with one attached hydrogen (secondary N) is 1. The predicted octanol–water partition coefficient (Wildman–Crippen LogP) is 2.95. The largest absolute Gasteiger partial charge is 0.441 e. The zero-order valence-corrected chi connectivity index (χ0v) is 17.7. The van der Waals surface area contributed by atoms with Gasteiger partial charge in [-0.1, -0.05) is 25.1 Å². The van der Waals surface area contributed by atoms with Gasteiger partial charge in [-0.2, -0.15) is 0 Å². The van der Waals surface area contributed by atoms with Crippen LogP contribution in [-0.4, -0.2) is 41.9 Å². The molecule has 0 radical (unpaired) electrons. The first-order valence-electron chi connectivity index (χ1n) is 10.0. The van der Waals surface area contributed by atoms with Crippen molar-refractivity contribution < 1.29 is 22.7 Å². The molecule has 1 aromatic carbocycles. The second kappa shape index (κ2) is 8.60. The number of anilines is 1. The van der Waals surface area contributed by atoms with Gasteiger partial charge in [-0.15, -0.1) is 0 Å². The van der Waals surface area contributed by atoms with E-state index in [2.05, 4.69) is 22.2 Å². The minimum absolute atomic E-state index is 0.0687. The summed E-state index contributed by atoms with van der Waals surface area (Å²) < 4.78 is 30.9. The Morgan fingerprint density at radius 3 is 2.68 bits per heavy atom. The van der Waals surface area contributed by atoms with E-state index in [1.54, 1.807) is 18.2 Å². The summed E-state index contributed by atoms with van der Waals surface area (Å²) in [5.41, 5.74) is 0.195. The Kier molecular flexibility index (Phi) is 5.88. The molecule has 1 aliphatic rings. The molecule has 0 bridgehead atoms. The second-order valence-corrected chi connectivity index (χ2v) is 9.66. The van der Waals surface area contributed by atoms with Crippen molar-refractivity contribution in [1.29, 1.82) is 0 Å². The van der Waals surface area contributed by atoms with Gasteiger partial charge in [0.05, 0.1) is 10.5 Å². The third-order valence-corrected chi connectivity index (χ3v) is 7.35. The third-order valence-electron chi connectivity index (χ3n) is 5.70. The average molecular weight is 442 g/mol. The van der Waals surface area contributed by atoms with Crippen molar-refractivity contribution in [3.63, 3.8) is 0 Å². The van der Waals surface area contributed by atoms with Crippen molar-refractivity contribution in [3.05, 3.63) is 66.3 Å². The topological polar surface area (TPSA) is 122 Å². The molecule has 3 atom stereocenters. The summed E-state index contributed by atoms with van der Waals surface area (Å²) in [5, 5.41) is 12.5. The van der Waals surface area contributed by atoms with Crippen LogP contribution in [-0.2, 0) is 9.84 Å². The molecule has 1 aliphatic carbocycles. The van der Waals surface area contributed by atoms with Crippen LogP contribution < -0.4 is 5.32 Å². The van der Waals surface area contributed by atoms with E-state index in [4.69, 9.17) is 4.42 Å². The summed E-state index contributed by atoms with van der Waals surface area (Å²) in [7, 11) is -3.87. The number of rotatable bonds is 7. The number of ketones is 1. The average Bonchev–Trinajstić information content (AvgIpc) is 3.41. The summed E-state index contributed by atoms with van der Waals surface area (Å²) in [6.07, 6.45) is 4.35. The number of aromatic nitrogens is 2. The molecule has 0 amide bonds. The van der Waals surface area contributed by atoms with Gasteiger partial charge < -0.3 is 14.8 Å². The Labute approximate surface area is 180 Å². The van der Waals surface area contributed by atoms with Crippen molar-refractivity contribution in [2.24, 2.45) is 11.8 Å². The van der Waals surface area contributed by atoms with Gasteiger partial charge in [-0.25, -0.2) is 18.4 Å². The highest BCUT2D eigenvalue weighted by molar-refractivity contribution is 7.91. The number of hydrogen-bond acceptors (Lipinski definition) is 8. The van der Waals surface area contributed by atoms with Crippen molar-refractivity contribution in [2.45, 2.75) is 35.8 Å². The Morgan fingerprint density at radius 1 is 1.19 bits per heavy atom. The minimum atomic E-state index is -3.87. The van der Waals surface area contributed by atoms with Crippen molar-refractivity contribution in [2.75, 3.05) is 11.9 Å². The number of carbonyl (C=O) groups excluding carboxylic acids is 1. The molecule has 4 rings (SSSR count). The molecule has 31 heavy (non-hydrogen) atoms. The molecule has 162 valence electrons. The molecular weight excluding hydrogens is 418 g/mol. The maximum absolute atomic E-state index is 13.1. The zero-order valence-electron chi connectivity index (χ0n) is 16.9. The van der Waals surface area contributed by atoms with Gasteiger partial charge in [-0.05, 0) is 48.9 Å². The van der Waals surface area contributed by atoms with E-state index in [0.717, 1.165) is 12.8 Å². The summed E-state index contributed by atoms with van der Waals surface area (Å²) in [6, 6.07) is 10.6. The van der Waals surface area contributed by atoms with Crippen LogP contribution in [0.25, 0.3) is 0 Å². The predicted molar refractivity (Wildman–Crippen MR) is 112 cm³/mol. The maximum atomic E-state index is 13.1. The lowest BCUT2D eigenvalue weighted by Gasteiger charge is -2.15. The van der Waals surface area contributed by atoms with Gasteiger partial charge in [-0.3, -0.25) is 4.79 Å². The fourth-order valence-electron chi connectivity index (χ4n) is 3.95. The highest BCUT2D eigenvalue weighted by atomic mass is 32.2. The molecule has 1 fully saturated rings. The van der Waals surface area contributed by atoms with E-state index in [9.17, 15) is 18.3 Å². The number of furan rings is 1. The highest BCUT2D eigenvalue weighted by Crippen LogP contribution is 2.33. The molecule has 8 nitrogen and oxygen atoms in total. The minimum Gasteiger partial charge on any atom is -0.441 e. The molecule has 0 spiro atoms. The van der Waals surface area contributed by atoms with Gasteiger partial charge in [0.25, 0.3) is 0 Å². The van der Waals surface area contributed by atoms with Crippen LogP contribution in [0.4, 0.5) is 5.82 Å². The van der Waals surface area contributed by atoms with Crippen molar-refractivity contribution in [3.8, 4) is 0 Å². The van der Waals surface area contributed by atoms with E-state index in [1.165, 1.54) is 36.8 Å². The Balaban J connectivity index is 1.58. The SMILES string of the molecule is C[C@H]1C[C@H](Nc2ncncc2C(=O)c2ccc(S(=O)(=O)c3ccccc3)o2)C[C@@H]1CO. The number of aliphatic hydroxyl groups is 1. The van der Waals surface area contributed by atoms with Gasteiger partial charge in [0.1, 0.15) is 12.1 Å². The fraction of sp³-hybridized carbons (Fsp3) is 0.318. The van der Waals surface area contributed by atoms with Crippen LogP contribution in [0.2, 0.25) is 0 Å². The van der Waals surface area contributed by atoms with Crippen LogP contribution in [0, 0.1) is 11.8 Å². The zero-order chi connectivity index (χ0) is 22.0. The monoisotopic (exact) mass is 441 g/mol. The first kappa shape index (κ1) is 21.2. The second-order valence-electron chi connectivity index (χ2n) is 7.78. The van der Waals surface area contributed by atoms with Crippen LogP contribution in [0.3, 0.4) is 0 Å². The molecule has 0 aliphatic heterocycles. The number of aliphatic hydroxyl groups excluding tert-OH is 1. The fourth-order valence-corrected chi connectivity index (χ4v) is 5.14. The first-order chi connectivity index (χ1) is 14.9. The Morgan fingerprint density at radius 2 is 1.97 bits per heavy atom. The summed E-state index contributed by atoms with van der Waals surface area (Å²) in [4.78, 5) is 21.3. The number of sulfone groups is 1. The summed E-state index contributed by atoms with van der Waals surface area (Å²) in [6.45, 7) is 2.21. The molecule has 2 aromatic heterocycles. The van der Waals surface area contributed by atoms with Gasteiger partial charge >= 0.3 is 0 Å². The van der Waals surface area contributed by atoms with Crippen molar-refractivity contribution >= 4 is 21.4 Å². The molecule has 2 heterocycles. The molecule has 1 saturated carbocycles. The van der Waals surface area contributed by atoms with Crippen LogP contribution in [0.5, 0.6) is 0 Å². The highest BCUT2D eigenvalue weighted by Gasteiger charge is 2.32. The lowest BCUT2D eigenvalue weighted by Crippen LogP contribution is -2.20.